The lowest BCUT2D eigenvalue weighted by Gasteiger charge is -2.26. The Morgan fingerprint density at radius 3 is 2.56 bits per heavy atom. The van der Waals surface area contributed by atoms with E-state index in [2.05, 4.69) is 54.3 Å². The lowest BCUT2D eigenvalue weighted by Crippen LogP contribution is -2.29. The normalized spacial score (nSPS) is 23.6. The molecule has 0 spiro atoms. The number of anilines is 1. The van der Waals surface area contributed by atoms with Crippen LogP contribution >= 0.6 is 0 Å². The molecular weight excluding hydrogens is 196 g/mol. The van der Waals surface area contributed by atoms with Gasteiger partial charge in [-0.1, -0.05) is 30.4 Å². The molecule has 2 unspecified atom stereocenters. The first-order valence-electron chi connectivity index (χ1n) is 6.03. The van der Waals surface area contributed by atoms with Crippen LogP contribution in [0, 0.1) is 5.92 Å². The monoisotopic (exact) mass is 216 g/mol. The highest BCUT2D eigenvalue weighted by molar-refractivity contribution is 5.46. The quantitative estimate of drug-likeness (QED) is 0.783. The van der Waals surface area contributed by atoms with Crippen molar-refractivity contribution in [3.8, 4) is 0 Å². The van der Waals surface area contributed by atoms with Crippen molar-refractivity contribution in [2.24, 2.45) is 11.7 Å². The molecule has 0 aromatic heterocycles. The highest BCUT2D eigenvalue weighted by Crippen LogP contribution is 2.21. The van der Waals surface area contributed by atoms with E-state index in [9.17, 15) is 0 Å². The first-order valence-corrected chi connectivity index (χ1v) is 6.03. The van der Waals surface area contributed by atoms with Crippen molar-refractivity contribution in [1.29, 1.82) is 0 Å². The second kappa shape index (κ2) is 5.17. The van der Waals surface area contributed by atoms with Gasteiger partial charge in [-0.05, 0) is 31.4 Å². The van der Waals surface area contributed by atoms with Gasteiger partial charge in [0.1, 0.15) is 0 Å². The summed E-state index contributed by atoms with van der Waals surface area (Å²) < 4.78 is 0. The molecule has 2 heteroatoms. The second-order valence-electron chi connectivity index (χ2n) is 4.42. The van der Waals surface area contributed by atoms with Crippen molar-refractivity contribution < 1.29 is 0 Å². The van der Waals surface area contributed by atoms with Gasteiger partial charge in [0.2, 0.25) is 0 Å². The minimum Gasteiger partial charge on any atom is -0.371 e. The van der Waals surface area contributed by atoms with Gasteiger partial charge in [-0.25, -0.2) is 0 Å². The number of rotatable bonds is 4. The molecule has 1 aromatic carbocycles. The third-order valence-electron chi connectivity index (χ3n) is 3.16. The summed E-state index contributed by atoms with van der Waals surface area (Å²) in [6, 6.07) is 10.8. The maximum Gasteiger partial charge on any atom is 0.0366 e. The average molecular weight is 216 g/mol. The minimum atomic E-state index is 0.263. The van der Waals surface area contributed by atoms with Crippen LogP contribution < -0.4 is 10.6 Å². The Morgan fingerprint density at radius 1 is 1.25 bits per heavy atom. The van der Waals surface area contributed by atoms with Crippen LogP contribution in [-0.2, 0) is 0 Å². The van der Waals surface area contributed by atoms with Crippen molar-refractivity contribution in [3.05, 3.63) is 42.5 Å². The summed E-state index contributed by atoms with van der Waals surface area (Å²) in [6.45, 7) is 4.32. The van der Waals surface area contributed by atoms with Gasteiger partial charge in [-0.3, -0.25) is 0 Å². The number of nitrogens with zero attached hydrogens (tertiary/aromatic N) is 1. The lowest BCUT2D eigenvalue weighted by atomic mass is 10.1. The van der Waals surface area contributed by atoms with Crippen molar-refractivity contribution in [1.82, 2.24) is 0 Å². The SMILES string of the molecule is CCN(CC1C=CC(N)C1)c1ccccc1. The van der Waals surface area contributed by atoms with Crippen LogP contribution in [0.15, 0.2) is 42.5 Å². The fraction of sp³-hybridized carbons (Fsp3) is 0.429. The van der Waals surface area contributed by atoms with E-state index in [4.69, 9.17) is 5.73 Å². The molecule has 86 valence electrons. The number of hydrogen-bond donors (Lipinski definition) is 1. The molecule has 2 atom stereocenters. The number of nitrogens with two attached hydrogens (primary N) is 1. The fourth-order valence-corrected chi connectivity index (χ4v) is 2.28. The van der Waals surface area contributed by atoms with Crippen molar-refractivity contribution in [2.75, 3.05) is 18.0 Å². The van der Waals surface area contributed by atoms with E-state index in [0.29, 0.717) is 5.92 Å². The van der Waals surface area contributed by atoms with Gasteiger partial charge in [0.05, 0.1) is 0 Å². The Morgan fingerprint density at radius 2 is 2.00 bits per heavy atom. The zero-order valence-corrected chi connectivity index (χ0v) is 9.84. The smallest absolute Gasteiger partial charge is 0.0366 e. The van der Waals surface area contributed by atoms with E-state index in [1.165, 1.54) is 5.69 Å². The summed E-state index contributed by atoms with van der Waals surface area (Å²) in [5.41, 5.74) is 7.18. The predicted molar refractivity (Wildman–Crippen MR) is 69.6 cm³/mol. The first kappa shape index (κ1) is 11.2. The fourth-order valence-electron chi connectivity index (χ4n) is 2.28. The van der Waals surface area contributed by atoms with Crippen molar-refractivity contribution in [2.45, 2.75) is 19.4 Å². The molecule has 0 bridgehead atoms. The van der Waals surface area contributed by atoms with Crippen molar-refractivity contribution in [3.63, 3.8) is 0 Å². The molecular formula is C14H20N2. The zero-order valence-electron chi connectivity index (χ0n) is 9.84. The van der Waals surface area contributed by atoms with Crippen LogP contribution in [0.25, 0.3) is 0 Å². The van der Waals surface area contributed by atoms with E-state index in [1.54, 1.807) is 0 Å². The van der Waals surface area contributed by atoms with Gasteiger partial charge in [-0.15, -0.1) is 0 Å². The molecule has 0 fully saturated rings. The van der Waals surface area contributed by atoms with Gasteiger partial charge in [0, 0.05) is 24.8 Å². The van der Waals surface area contributed by atoms with Crippen LogP contribution in [0.4, 0.5) is 5.69 Å². The van der Waals surface area contributed by atoms with E-state index in [-0.39, 0.29) is 6.04 Å². The molecule has 1 aliphatic rings. The third-order valence-corrected chi connectivity index (χ3v) is 3.16. The highest BCUT2D eigenvalue weighted by atomic mass is 15.1. The highest BCUT2D eigenvalue weighted by Gasteiger charge is 2.18. The van der Waals surface area contributed by atoms with Crippen LogP contribution in [0.1, 0.15) is 13.3 Å². The summed E-state index contributed by atoms with van der Waals surface area (Å²) in [5.74, 6) is 0.607. The Balaban J connectivity index is 1.99. The lowest BCUT2D eigenvalue weighted by molar-refractivity contribution is 0.575. The van der Waals surface area contributed by atoms with E-state index in [0.717, 1.165) is 19.5 Å². The molecule has 0 amide bonds. The van der Waals surface area contributed by atoms with Gasteiger partial charge in [-0.2, -0.15) is 0 Å². The van der Waals surface area contributed by atoms with Crippen LogP contribution in [-0.4, -0.2) is 19.1 Å². The molecule has 0 radical (unpaired) electrons. The maximum absolute atomic E-state index is 5.88. The molecule has 0 aliphatic heterocycles. The molecule has 2 nitrogen and oxygen atoms in total. The van der Waals surface area contributed by atoms with Crippen molar-refractivity contribution >= 4 is 5.69 Å². The van der Waals surface area contributed by atoms with Crippen LogP contribution in [0.3, 0.4) is 0 Å². The Kier molecular flexibility index (Phi) is 3.62. The second-order valence-corrected chi connectivity index (χ2v) is 4.42. The summed E-state index contributed by atoms with van der Waals surface area (Å²) in [7, 11) is 0. The molecule has 0 heterocycles. The summed E-state index contributed by atoms with van der Waals surface area (Å²) >= 11 is 0. The summed E-state index contributed by atoms with van der Waals surface area (Å²) in [4.78, 5) is 2.41. The average Bonchev–Trinajstić information content (AvgIpc) is 2.73. The van der Waals surface area contributed by atoms with Gasteiger partial charge in [0.25, 0.3) is 0 Å². The van der Waals surface area contributed by atoms with E-state index < -0.39 is 0 Å². The Bertz CT molecular complexity index is 345. The van der Waals surface area contributed by atoms with E-state index >= 15 is 0 Å². The maximum atomic E-state index is 5.88. The third kappa shape index (κ3) is 2.64. The Hall–Kier alpha value is -1.28. The number of hydrogen-bond acceptors (Lipinski definition) is 2. The van der Waals surface area contributed by atoms with E-state index in [1.807, 2.05) is 0 Å². The van der Waals surface area contributed by atoms with Crippen LogP contribution in [0.2, 0.25) is 0 Å². The zero-order chi connectivity index (χ0) is 11.4. The predicted octanol–water partition coefficient (Wildman–Crippen LogP) is 2.42. The molecule has 0 saturated carbocycles. The molecule has 1 aromatic rings. The molecule has 2 N–H and O–H groups in total. The van der Waals surface area contributed by atoms with Gasteiger partial charge >= 0.3 is 0 Å². The first-order chi connectivity index (χ1) is 7.79. The Labute approximate surface area is 97.8 Å². The molecule has 2 rings (SSSR count). The topological polar surface area (TPSA) is 29.3 Å². The largest absolute Gasteiger partial charge is 0.371 e. The summed E-state index contributed by atoms with van der Waals surface area (Å²) in [6.07, 6.45) is 5.48. The van der Waals surface area contributed by atoms with Crippen LogP contribution in [0.5, 0.6) is 0 Å². The minimum absolute atomic E-state index is 0.263. The number of benzene rings is 1. The summed E-state index contributed by atoms with van der Waals surface area (Å²) in [5, 5.41) is 0. The van der Waals surface area contributed by atoms with Gasteiger partial charge < -0.3 is 10.6 Å². The molecule has 1 aliphatic carbocycles. The molecule has 0 saturated heterocycles. The number of para-hydroxylation sites is 1. The standard InChI is InChI=1S/C14H20N2/c1-2-16(14-6-4-3-5-7-14)11-12-8-9-13(15)10-12/h3-9,12-13H,2,10-11,15H2,1H3. The molecule has 16 heavy (non-hydrogen) atoms. The van der Waals surface area contributed by atoms with Gasteiger partial charge in [0.15, 0.2) is 0 Å².